The molecule has 2 N–H and O–H groups in total. The van der Waals surface area contributed by atoms with E-state index in [-0.39, 0.29) is 25.7 Å². The Balaban J connectivity index is 1.24. The fourth-order valence-electron chi connectivity index (χ4n) is 5.54. The van der Waals surface area contributed by atoms with Crippen molar-refractivity contribution in [1.29, 1.82) is 0 Å². The molecule has 1 aromatic heterocycles. The van der Waals surface area contributed by atoms with E-state index in [1.54, 1.807) is 23.5 Å². The fraction of sp³-hybridized carbons (Fsp3) is 0.303. The second-order valence-electron chi connectivity index (χ2n) is 10.7. The molecule has 1 fully saturated rings. The largest absolute Gasteiger partial charge is 0.481 e. The maximum atomic E-state index is 12.4. The first kappa shape index (κ1) is 27.8. The van der Waals surface area contributed by atoms with Crippen molar-refractivity contribution < 1.29 is 24.2 Å². The number of aliphatic carboxylic acids is 1. The van der Waals surface area contributed by atoms with Gasteiger partial charge in [0.15, 0.2) is 16.6 Å². The molecule has 0 unspecified atom stereocenters. The molecule has 42 heavy (non-hydrogen) atoms. The zero-order valence-corrected chi connectivity index (χ0v) is 24.1. The van der Waals surface area contributed by atoms with Gasteiger partial charge < -0.3 is 24.8 Å². The highest BCUT2D eigenvalue weighted by Crippen LogP contribution is 2.39. The second-order valence-corrected chi connectivity index (χ2v) is 11.5. The lowest BCUT2D eigenvalue weighted by Crippen LogP contribution is -2.26. The summed E-state index contributed by atoms with van der Waals surface area (Å²) in [5, 5.41) is 14.4. The zero-order chi connectivity index (χ0) is 28.9. The molecule has 1 aliphatic heterocycles. The average molecular weight is 584 g/mol. The number of nitrogens with one attached hydrogen (secondary N) is 1. The van der Waals surface area contributed by atoms with Crippen molar-refractivity contribution in [3.8, 4) is 22.8 Å². The molecule has 0 bridgehead atoms. The van der Waals surface area contributed by atoms with Crippen LogP contribution in [0.4, 0.5) is 10.8 Å². The molecular formula is C33H33N3O5S. The summed E-state index contributed by atoms with van der Waals surface area (Å²) in [6.07, 6.45) is 6.33. The molecule has 1 amide bonds. The van der Waals surface area contributed by atoms with Crippen LogP contribution in [0.5, 0.6) is 11.5 Å². The Labute approximate surface area is 248 Å². The van der Waals surface area contributed by atoms with Crippen molar-refractivity contribution in [3.05, 3.63) is 88.8 Å². The van der Waals surface area contributed by atoms with Gasteiger partial charge in [0.1, 0.15) is 0 Å². The molecule has 0 radical (unpaired) electrons. The molecule has 216 valence electrons. The summed E-state index contributed by atoms with van der Waals surface area (Å²) >= 11 is 1.58. The maximum absolute atomic E-state index is 12.4. The number of amides is 1. The van der Waals surface area contributed by atoms with Gasteiger partial charge in [-0.25, -0.2) is 4.98 Å². The Bertz CT molecular complexity index is 1540. The number of hydrogen-bond acceptors (Lipinski definition) is 7. The van der Waals surface area contributed by atoms with Crippen molar-refractivity contribution in [2.45, 2.75) is 51.0 Å². The number of carboxylic acid groups (broad SMARTS) is 1. The summed E-state index contributed by atoms with van der Waals surface area (Å²) in [4.78, 5) is 30.4. The molecule has 9 heteroatoms. The lowest BCUT2D eigenvalue weighted by atomic mass is 9.84. The Morgan fingerprint density at radius 3 is 2.48 bits per heavy atom. The van der Waals surface area contributed by atoms with Gasteiger partial charge in [0.05, 0.1) is 18.7 Å². The van der Waals surface area contributed by atoms with Gasteiger partial charge in [-0.05, 0) is 72.4 Å². The van der Waals surface area contributed by atoms with Crippen LogP contribution in [0.15, 0.2) is 72.1 Å². The SMILES string of the molecule is O=C(O)CCNC(=O)c1ccc(CN(c2ccc(C3CCCCC3)cc2)c2nc(-c3ccc4c(c3)OCO4)cs2)cc1. The highest BCUT2D eigenvalue weighted by molar-refractivity contribution is 7.14. The van der Waals surface area contributed by atoms with Crippen molar-refractivity contribution >= 4 is 34.0 Å². The first-order valence-corrected chi connectivity index (χ1v) is 15.2. The number of carboxylic acids is 1. The van der Waals surface area contributed by atoms with E-state index in [1.165, 1.54) is 37.7 Å². The van der Waals surface area contributed by atoms with Gasteiger partial charge in [-0.2, -0.15) is 0 Å². The zero-order valence-electron chi connectivity index (χ0n) is 23.3. The van der Waals surface area contributed by atoms with Crippen LogP contribution in [0, 0.1) is 0 Å². The number of carbonyl (C=O) groups is 2. The van der Waals surface area contributed by atoms with E-state index in [0.717, 1.165) is 39.1 Å². The summed E-state index contributed by atoms with van der Waals surface area (Å²) in [7, 11) is 0. The van der Waals surface area contributed by atoms with E-state index < -0.39 is 5.97 Å². The van der Waals surface area contributed by atoms with Gasteiger partial charge >= 0.3 is 5.97 Å². The monoisotopic (exact) mass is 583 g/mol. The fourth-order valence-corrected chi connectivity index (χ4v) is 6.39. The lowest BCUT2D eigenvalue weighted by Gasteiger charge is -2.25. The third-order valence-electron chi connectivity index (χ3n) is 7.85. The molecule has 1 aliphatic carbocycles. The number of ether oxygens (including phenoxy) is 2. The van der Waals surface area contributed by atoms with E-state index in [9.17, 15) is 9.59 Å². The lowest BCUT2D eigenvalue weighted by molar-refractivity contribution is -0.136. The number of fused-ring (bicyclic) bond motifs is 1. The predicted octanol–water partition coefficient (Wildman–Crippen LogP) is 7.13. The van der Waals surface area contributed by atoms with Gasteiger partial charge in [-0.3, -0.25) is 9.59 Å². The van der Waals surface area contributed by atoms with Crippen molar-refractivity contribution in [2.75, 3.05) is 18.2 Å². The number of rotatable bonds is 10. The van der Waals surface area contributed by atoms with E-state index >= 15 is 0 Å². The number of aromatic nitrogens is 1. The summed E-state index contributed by atoms with van der Waals surface area (Å²) in [6, 6.07) is 22.2. The molecule has 1 saturated carbocycles. The van der Waals surface area contributed by atoms with Gasteiger partial charge in [0.25, 0.3) is 5.91 Å². The Morgan fingerprint density at radius 1 is 0.952 bits per heavy atom. The van der Waals surface area contributed by atoms with Crippen LogP contribution in [0.2, 0.25) is 0 Å². The van der Waals surface area contributed by atoms with E-state index in [0.29, 0.717) is 18.0 Å². The van der Waals surface area contributed by atoms with Crippen molar-refractivity contribution in [3.63, 3.8) is 0 Å². The van der Waals surface area contributed by atoms with Gasteiger partial charge in [-0.1, -0.05) is 43.5 Å². The smallest absolute Gasteiger partial charge is 0.305 e. The van der Waals surface area contributed by atoms with Crippen LogP contribution in [0.1, 0.15) is 65.9 Å². The number of thiazole rings is 1. The first-order valence-electron chi connectivity index (χ1n) is 14.4. The molecule has 2 heterocycles. The van der Waals surface area contributed by atoms with Crippen LogP contribution in [0.25, 0.3) is 11.3 Å². The Hall–Kier alpha value is -4.37. The molecule has 8 nitrogen and oxygen atoms in total. The van der Waals surface area contributed by atoms with Crippen LogP contribution in [-0.4, -0.2) is 35.3 Å². The minimum absolute atomic E-state index is 0.0935. The van der Waals surface area contributed by atoms with Crippen molar-refractivity contribution in [2.24, 2.45) is 0 Å². The highest BCUT2D eigenvalue weighted by atomic mass is 32.1. The van der Waals surface area contributed by atoms with Crippen LogP contribution >= 0.6 is 11.3 Å². The van der Waals surface area contributed by atoms with Crippen LogP contribution < -0.4 is 19.7 Å². The summed E-state index contributed by atoms with van der Waals surface area (Å²) < 4.78 is 11.0. The summed E-state index contributed by atoms with van der Waals surface area (Å²) in [6.45, 7) is 0.891. The summed E-state index contributed by atoms with van der Waals surface area (Å²) in [5.74, 6) is 0.873. The number of carbonyl (C=O) groups excluding carboxylic acids is 1. The normalized spacial score (nSPS) is 14.5. The van der Waals surface area contributed by atoms with Gasteiger partial charge in [-0.15, -0.1) is 11.3 Å². The molecule has 0 atom stereocenters. The van der Waals surface area contributed by atoms with Crippen LogP contribution in [-0.2, 0) is 11.3 Å². The minimum Gasteiger partial charge on any atom is -0.481 e. The minimum atomic E-state index is -0.943. The molecule has 3 aromatic carbocycles. The number of nitrogens with zero attached hydrogens (tertiary/aromatic N) is 2. The molecule has 0 spiro atoms. The quantitative estimate of drug-likeness (QED) is 0.205. The number of benzene rings is 3. The number of hydrogen-bond donors (Lipinski definition) is 2. The van der Waals surface area contributed by atoms with Gasteiger partial charge in [0, 0.05) is 28.7 Å². The third kappa shape index (κ3) is 6.41. The Morgan fingerprint density at radius 2 is 1.71 bits per heavy atom. The second kappa shape index (κ2) is 12.7. The molecule has 0 saturated heterocycles. The van der Waals surface area contributed by atoms with E-state index in [2.05, 4.69) is 39.9 Å². The van der Waals surface area contributed by atoms with E-state index in [4.69, 9.17) is 19.6 Å². The first-order chi connectivity index (χ1) is 20.5. The predicted molar refractivity (Wildman–Crippen MR) is 163 cm³/mol. The van der Waals surface area contributed by atoms with Crippen LogP contribution in [0.3, 0.4) is 0 Å². The summed E-state index contributed by atoms with van der Waals surface area (Å²) in [5.41, 5.74) is 5.80. The average Bonchev–Trinajstić information content (AvgIpc) is 3.70. The maximum Gasteiger partial charge on any atom is 0.305 e. The Kier molecular flexibility index (Phi) is 8.37. The topological polar surface area (TPSA) is 101 Å². The van der Waals surface area contributed by atoms with Gasteiger partial charge in [0.2, 0.25) is 6.79 Å². The van der Waals surface area contributed by atoms with Crippen molar-refractivity contribution in [1.82, 2.24) is 10.3 Å². The molecule has 4 aromatic rings. The molecule has 6 rings (SSSR count). The van der Waals surface area contributed by atoms with E-state index in [1.807, 2.05) is 30.3 Å². The number of anilines is 2. The highest BCUT2D eigenvalue weighted by Gasteiger charge is 2.20. The standard InChI is InChI=1S/C33H33N3O5S/c37-31(38)16-17-34-32(39)25-8-6-22(7-9-25)19-36(27-13-10-24(11-14-27)23-4-2-1-3-5-23)33-35-28(20-42-33)26-12-15-29-30(18-26)41-21-40-29/h6-15,18,20,23H,1-5,16-17,19,21H2,(H,34,39)(H,37,38). The third-order valence-corrected chi connectivity index (χ3v) is 8.72. The molecule has 2 aliphatic rings. The molecular weight excluding hydrogens is 550 g/mol.